The number of nitrogens with zero attached hydrogens (tertiary/aromatic N) is 3. The van der Waals surface area contributed by atoms with Crippen molar-refractivity contribution in [1.29, 1.82) is 0 Å². The van der Waals surface area contributed by atoms with Crippen LogP contribution in [0.2, 0.25) is 5.02 Å². The fourth-order valence-electron chi connectivity index (χ4n) is 4.58. The van der Waals surface area contributed by atoms with Gasteiger partial charge in [0, 0.05) is 16.2 Å². The van der Waals surface area contributed by atoms with Gasteiger partial charge in [0.2, 0.25) is 5.95 Å². The summed E-state index contributed by atoms with van der Waals surface area (Å²) in [5.74, 6) is 0.961. The molecule has 2 aliphatic rings. The number of anilines is 1. The summed E-state index contributed by atoms with van der Waals surface area (Å²) in [5, 5.41) is 8.59. The molecule has 0 saturated carbocycles. The summed E-state index contributed by atoms with van der Waals surface area (Å²) in [6.45, 7) is 0. The molecule has 0 unspecified atom stereocenters. The number of methoxy groups -OCH3 is 1. The number of benzene rings is 3. The lowest BCUT2D eigenvalue weighted by Crippen LogP contribution is -2.32. The largest absolute Gasteiger partial charge is 0.480 e. The van der Waals surface area contributed by atoms with Crippen molar-refractivity contribution in [2.75, 3.05) is 12.4 Å². The van der Waals surface area contributed by atoms with Crippen molar-refractivity contribution in [3.63, 3.8) is 0 Å². The number of fused-ring (bicyclic) bond motifs is 3. The van der Waals surface area contributed by atoms with E-state index in [0.717, 1.165) is 28.0 Å². The van der Waals surface area contributed by atoms with Gasteiger partial charge in [0.25, 0.3) is 0 Å². The monoisotopic (exact) mass is 470 g/mol. The van der Waals surface area contributed by atoms with Gasteiger partial charge >= 0.3 is 5.97 Å². The molecule has 0 amide bonds. The number of aromatic nitrogens is 3. The van der Waals surface area contributed by atoms with Gasteiger partial charge in [0.1, 0.15) is 24.2 Å². The van der Waals surface area contributed by atoms with Crippen molar-refractivity contribution >= 4 is 29.2 Å². The molecule has 34 heavy (non-hydrogen) atoms. The highest BCUT2D eigenvalue weighted by molar-refractivity contribution is 6.30. The van der Waals surface area contributed by atoms with Crippen LogP contribution in [-0.2, 0) is 4.74 Å². The number of esters is 1. The van der Waals surface area contributed by atoms with Crippen LogP contribution in [0.3, 0.4) is 0 Å². The van der Waals surface area contributed by atoms with Crippen LogP contribution in [0.4, 0.5) is 5.95 Å². The molecule has 168 valence electrons. The topological polar surface area (TPSA) is 78.3 Å². The van der Waals surface area contributed by atoms with Crippen molar-refractivity contribution in [2.45, 2.75) is 12.1 Å². The normalized spacial score (nSPS) is 18.2. The molecule has 1 aromatic heterocycles. The molecular weight excluding hydrogens is 452 g/mol. The van der Waals surface area contributed by atoms with E-state index >= 15 is 0 Å². The van der Waals surface area contributed by atoms with Gasteiger partial charge < -0.3 is 14.8 Å². The average molecular weight is 471 g/mol. The Bertz CT molecular complexity index is 1430. The molecule has 7 nitrogen and oxygen atoms in total. The summed E-state index contributed by atoms with van der Waals surface area (Å²) in [5.41, 5.74) is 5.15. The first kappa shape index (κ1) is 20.5. The summed E-state index contributed by atoms with van der Waals surface area (Å²) in [4.78, 5) is 16.4. The average Bonchev–Trinajstić information content (AvgIpc) is 3.35. The molecule has 3 aromatic carbocycles. The summed E-state index contributed by atoms with van der Waals surface area (Å²) < 4.78 is 13.3. The van der Waals surface area contributed by atoms with Crippen molar-refractivity contribution < 1.29 is 14.3 Å². The Kier molecular flexibility index (Phi) is 4.85. The first-order valence-electron chi connectivity index (χ1n) is 10.7. The zero-order chi connectivity index (χ0) is 23.2. The van der Waals surface area contributed by atoms with Gasteiger partial charge in [0.15, 0.2) is 0 Å². The summed E-state index contributed by atoms with van der Waals surface area (Å²) >= 11 is 6.37. The number of hydrogen-bond acceptors (Lipinski definition) is 6. The van der Waals surface area contributed by atoms with Crippen molar-refractivity contribution in [3.8, 4) is 5.75 Å². The van der Waals surface area contributed by atoms with E-state index in [-0.39, 0.29) is 12.0 Å². The quantitative estimate of drug-likeness (QED) is 0.410. The number of ether oxygens (including phenoxy) is 2. The third-order valence-corrected chi connectivity index (χ3v) is 6.36. The van der Waals surface area contributed by atoms with Gasteiger partial charge in [0.05, 0.1) is 18.4 Å². The van der Waals surface area contributed by atoms with E-state index in [1.54, 1.807) is 12.1 Å². The molecule has 0 radical (unpaired) electrons. The van der Waals surface area contributed by atoms with E-state index in [4.69, 9.17) is 21.1 Å². The molecular formula is C26H19ClN4O3. The fraction of sp³-hybridized carbons (Fsp3) is 0.115. The molecule has 8 heteroatoms. The molecule has 4 aromatic rings. The second-order valence-electron chi connectivity index (χ2n) is 8.05. The van der Waals surface area contributed by atoms with Crippen LogP contribution >= 0.6 is 11.6 Å². The first-order valence-corrected chi connectivity index (χ1v) is 11.1. The van der Waals surface area contributed by atoms with E-state index < -0.39 is 6.10 Å². The highest BCUT2D eigenvalue weighted by Gasteiger charge is 2.41. The summed E-state index contributed by atoms with van der Waals surface area (Å²) in [6, 6.07) is 22.7. The third kappa shape index (κ3) is 3.24. The maximum Gasteiger partial charge on any atom is 0.337 e. The molecule has 2 atom stereocenters. The highest BCUT2D eigenvalue weighted by Crippen LogP contribution is 2.50. The Hall–Kier alpha value is -4.10. The molecule has 0 fully saturated rings. The zero-order valence-electron chi connectivity index (χ0n) is 18.1. The molecule has 3 heterocycles. The number of halogens is 1. The molecule has 6 rings (SSSR count). The van der Waals surface area contributed by atoms with E-state index in [1.165, 1.54) is 13.4 Å². The molecule has 0 saturated heterocycles. The van der Waals surface area contributed by atoms with Crippen LogP contribution in [0.25, 0.3) is 5.70 Å². The van der Waals surface area contributed by atoms with Gasteiger partial charge in [-0.3, -0.25) is 0 Å². The zero-order valence-corrected chi connectivity index (χ0v) is 18.9. The number of rotatable bonds is 3. The minimum atomic E-state index is -0.439. The first-order chi connectivity index (χ1) is 16.6. The van der Waals surface area contributed by atoms with Gasteiger partial charge in [-0.05, 0) is 41.5 Å². The van der Waals surface area contributed by atoms with Crippen LogP contribution in [0, 0.1) is 0 Å². The lowest BCUT2D eigenvalue weighted by atomic mass is 9.84. The summed E-state index contributed by atoms with van der Waals surface area (Å²) in [7, 11) is 1.37. The summed E-state index contributed by atoms with van der Waals surface area (Å²) in [6.07, 6.45) is 1.10. The number of nitrogens with one attached hydrogen (secondary N) is 1. The Morgan fingerprint density at radius 2 is 1.85 bits per heavy atom. The van der Waals surface area contributed by atoms with E-state index in [0.29, 0.717) is 22.3 Å². The maximum absolute atomic E-state index is 12.0. The molecule has 0 spiro atoms. The SMILES string of the molecule is COC(=O)c1ccc([C@@H]2Oc3ccc(Cl)cc3C3=C2[C@@H](c2ccccc2)n2ncnc2N3)cc1. The Balaban J connectivity index is 1.57. The van der Waals surface area contributed by atoms with Crippen LogP contribution in [0.15, 0.2) is 84.7 Å². The van der Waals surface area contributed by atoms with E-state index in [9.17, 15) is 4.79 Å². The molecule has 1 N–H and O–H groups in total. The van der Waals surface area contributed by atoms with Gasteiger partial charge in [-0.2, -0.15) is 10.1 Å². The second-order valence-corrected chi connectivity index (χ2v) is 8.49. The fourth-order valence-corrected chi connectivity index (χ4v) is 4.76. The highest BCUT2D eigenvalue weighted by atomic mass is 35.5. The van der Waals surface area contributed by atoms with Crippen LogP contribution in [-0.4, -0.2) is 27.8 Å². The Morgan fingerprint density at radius 1 is 1.06 bits per heavy atom. The lowest BCUT2D eigenvalue weighted by Gasteiger charge is -2.39. The number of hydrogen-bond donors (Lipinski definition) is 1. The van der Waals surface area contributed by atoms with E-state index in [1.807, 2.05) is 53.2 Å². The third-order valence-electron chi connectivity index (χ3n) is 6.13. The predicted octanol–water partition coefficient (Wildman–Crippen LogP) is 5.28. The minimum absolute atomic E-state index is 0.257. The maximum atomic E-state index is 12.0. The number of carbonyl (C=O) groups excluding carboxylic acids is 1. The van der Waals surface area contributed by atoms with E-state index in [2.05, 4.69) is 27.5 Å². The predicted molar refractivity (Wildman–Crippen MR) is 128 cm³/mol. The lowest BCUT2D eigenvalue weighted by molar-refractivity contribution is 0.0600. The van der Waals surface area contributed by atoms with Gasteiger partial charge in [-0.15, -0.1) is 0 Å². The molecule has 0 bridgehead atoms. The van der Waals surface area contributed by atoms with Crippen LogP contribution < -0.4 is 10.1 Å². The van der Waals surface area contributed by atoms with Crippen LogP contribution in [0.5, 0.6) is 5.75 Å². The van der Waals surface area contributed by atoms with Crippen molar-refractivity contribution in [3.05, 3.63) is 112 Å². The van der Waals surface area contributed by atoms with Crippen molar-refractivity contribution in [2.24, 2.45) is 0 Å². The second kappa shape index (κ2) is 8.04. The van der Waals surface area contributed by atoms with Gasteiger partial charge in [-0.25, -0.2) is 9.48 Å². The Morgan fingerprint density at radius 3 is 2.62 bits per heavy atom. The Labute approximate surface area is 200 Å². The molecule has 0 aliphatic carbocycles. The number of carbonyl (C=O) groups is 1. The smallest absolute Gasteiger partial charge is 0.337 e. The molecule has 2 aliphatic heterocycles. The van der Waals surface area contributed by atoms with Crippen LogP contribution in [0.1, 0.15) is 39.2 Å². The minimum Gasteiger partial charge on any atom is -0.480 e. The van der Waals surface area contributed by atoms with Crippen molar-refractivity contribution in [1.82, 2.24) is 14.8 Å². The standard InChI is InChI=1S/C26H19ClN4O3/c1-33-25(32)17-9-7-16(8-10-17)24-21-22(19-13-18(27)11-12-20(19)34-24)30-26-28-14-29-31(26)23(21)15-5-3-2-4-6-15/h2-14,23-24H,1H3,(H,28,29,30)/t23-,24+/m1/s1. The van der Waals surface area contributed by atoms with Gasteiger partial charge in [-0.1, -0.05) is 54.1 Å².